The summed E-state index contributed by atoms with van der Waals surface area (Å²) in [6.45, 7) is 14.0. The molecule has 7 nitrogen and oxygen atoms in total. The van der Waals surface area contributed by atoms with E-state index in [1.807, 2.05) is 6.07 Å². The average Bonchev–Trinajstić information content (AvgIpc) is 3.32. The van der Waals surface area contributed by atoms with Gasteiger partial charge in [-0.05, 0) is 61.0 Å². The molecule has 3 aliphatic carbocycles. The van der Waals surface area contributed by atoms with Crippen LogP contribution >= 0.6 is 0 Å². The Balaban J connectivity index is 1.63. The van der Waals surface area contributed by atoms with Crippen LogP contribution in [0, 0.1) is 33.5 Å². The molecule has 3 fully saturated rings. The maximum Gasteiger partial charge on any atom is 0.331 e. The maximum absolute atomic E-state index is 13.0. The molecule has 8 atom stereocenters. The minimum Gasteiger partial charge on any atom is -0.472 e. The van der Waals surface area contributed by atoms with Gasteiger partial charge in [-0.2, -0.15) is 0 Å². The summed E-state index contributed by atoms with van der Waals surface area (Å²) < 4.78 is 23.3. The van der Waals surface area contributed by atoms with E-state index in [4.69, 9.17) is 18.6 Å². The Morgan fingerprint density at radius 2 is 1.62 bits per heavy atom. The standard InChI is InChI=1S/C30H40O7/c1-17(31)35-23-9-12-28(5)20-8-11-29(6)22(15-25(33)37-26(29)19-10-13-34-16-19)30(20,7)24(36-18(2)32)14-21(28)27(23,3)4/h10,13,15-16,20-21,23-24,26H,8-9,11-12,14H2,1-7H3/t20-,21-,23-,24+,26-,28-,29-,30+/m0/s1. The van der Waals surface area contributed by atoms with Crippen LogP contribution in [0.2, 0.25) is 0 Å². The van der Waals surface area contributed by atoms with Crippen molar-refractivity contribution in [3.8, 4) is 0 Å². The Labute approximate surface area is 219 Å². The Morgan fingerprint density at radius 1 is 0.946 bits per heavy atom. The molecule has 37 heavy (non-hydrogen) atoms. The van der Waals surface area contributed by atoms with Gasteiger partial charge in [0.15, 0.2) is 0 Å². The predicted octanol–water partition coefficient (Wildman–Crippen LogP) is 5.94. The van der Waals surface area contributed by atoms with Crippen molar-refractivity contribution in [2.75, 3.05) is 0 Å². The van der Waals surface area contributed by atoms with E-state index in [2.05, 4.69) is 34.6 Å². The van der Waals surface area contributed by atoms with Crippen molar-refractivity contribution in [3.63, 3.8) is 0 Å². The number of rotatable bonds is 3. The van der Waals surface area contributed by atoms with Gasteiger partial charge in [0.2, 0.25) is 0 Å². The second-order valence-electron chi connectivity index (χ2n) is 13.1. The van der Waals surface area contributed by atoms with E-state index in [1.165, 1.54) is 13.8 Å². The fourth-order valence-corrected chi connectivity index (χ4v) is 9.24. The van der Waals surface area contributed by atoms with Crippen LogP contribution < -0.4 is 0 Å². The van der Waals surface area contributed by atoms with E-state index in [0.29, 0.717) is 6.42 Å². The van der Waals surface area contributed by atoms with Crippen LogP contribution in [-0.2, 0) is 28.6 Å². The minimum absolute atomic E-state index is 0.0831. The van der Waals surface area contributed by atoms with Gasteiger partial charge in [-0.3, -0.25) is 9.59 Å². The second-order valence-corrected chi connectivity index (χ2v) is 13.1. The van der Waals surface area contributed by atoms with Crippen molar-refractivity contribution in [1.82, 2.24) is 0 Å². The number of furan rings is 1. The monoisotopic (exact) mass is 512 g/mol. The molecular weight excluding hydrogens is 472 g/mol. The SMILES string of the molecule is CC(=O)O[C@H]1CC[C@]2(C)[C@@H](C[C@@H](OC(C)=O)[C@@]3(C)C4=CC(=O)O[C@@H](c5ccoc5)[C@@]4(C)CC[C@@H]23)C1(C)C. The number of fused-ring (bicyclic) bond motifs is 5. The Morgan fingerprint density at radius 3 is 2.24 bits per heavy atom. The lowest BCUT2D eigenvalue weighted by Gasteiger charge is -2.69. The van der Waals surface area contributed by atoms with Gasteiger partial charge in [-0.25, -0.2) is 4.79 Å². The normalized spacial score (nSPS) is 42.3. The number of hydrogen-bond acceptors (Lipinski definition) is 7. The van der Waals surface area contributed by atoms with Gasteiger partial charge in [0.1, 0.15) is 18.3 Å². The molecular formula is C30H40O7. The highest BCUT2D eigenvalue weighted by Gasteiger charge is 2.70. The zero-order valence-electron chi connectivity index (χ0n) is 23.1. The van der Waals surface area contributed by atoms with Gasteiger partial charge in [0, 0.05) is 41.7 Å². The number of ether oxygens (including phenoxy) is 3. The van der Waals surface area contributed by atoms with Gasteiger partial charge in [-0.15, -0.1) is 0 Å². The number of carbonyl (C=O) groups is 3. The lowest BCUT2D eigenvalue weighted by molar-refractivity contribution is -0.230. The average molecular weight is 513 g/mol. The molecule has 0 radical (unpaired) electrons. The summed E-state index contributed by atoms with van der Waals surface area (Å²) in [6.07, 6.45) is 7.98. The Bertz CT molecular complexity index is 1130. The first kappa shape index (κ1) is 26.1. The van der Waals surface area contributed by atoms with Gasteiger partial charge < -0.3 is 18.6 Å². The van der Waals surface area contributed by atoms with Crippen molar-refractivity contribution >= 4 is 17.9 Å². The number of esters is 3. The molecule has 0 saturated heterocycles. The summed E-state index contributed by atoms with van der Waals surface area (Å²) in [5.74, 6) is -0.602. The van der Waals surface area contributed by atoms with Crippen molar-refractivity contribution in [2.45, 2.75) is 98.9 Å². The molecule has 2 heterocycles. The van der Waals surface area contributed by atoms with Crippen LogP contribution in [-0.4, -0.2) is 30.1 Å². The molecule has 202 valence electrons. The number of cyclic esters (lactones) is 1. The highest BCUT2D eigenvalue weighted by Crippen LogP contribution is 2.73. The quantitative estimate of drug-likeness (QED) is 0.366. The second kappa shape index (κ2) is 8.47. The lowest BCUT2D eigenvalue weighted by Crippen LogP contribution is -2.67. The molecule has 5 rings (SSSR count). The summed E-state index contributed by atoms with van der Waals surface area (Å²) in [5, 5.41) is 0. The molecule has 1 aromatic heterocycles. The highest BCUT2D eigenvalue weighted by molar-refractivity contribution is 5.85. The van der Waals surface area contributed by atoms with E-state index < -0.39 is 23.0 Å². The van der Waals surface area contributed by atoms with Crippen LogP contribution in [0.4, 0.5) is 0 Å². The van der Waals surface area contributed by atoms with Crippen LogP contribution in [0.1, 0.15) is 92.2 Å². The lowest BCUT2D eigenvalue weighted by atomic mass is 9.36. The predicted molar refractivity (Wildman–Crippen MR) is 135 cm³/mol. The summed E-state index contributed by atoms with van der Waals surface area (Å²) in [6, 6.07) is 1.86. The van der Waals surface area contributed by atoms with Gasteiger partial charge >= 0.3 is 17.9 Å². The first-order valence-electron chi connectivity index (χ1n) is 13.5. The molecule has 3 saturated carbocycles. The van der Waals surface area contributed by atoms with Gasteiger partial charge in [-0.1, -0.05) is 34.6 Å². The van der Waals surface area contributed by atoms with E-state index in [9.17, 15) is 14.4 Å². The van der Waals surface area contributed by atoms with Crippen molar-refractivity contribution < 1.29 is 33.0 Å². The molecule has 0 aromatic carbocycles. The molecule has 0 unspecified atom stereocenters. The van der Waals surface area contributed by atoms with E-state index in [0.717, 1.165) is 36.8 Å². The maximum atomic E-state index is 13.0. The molecule has 0 spiro atoms. The summed E-state index contributed by atoms with van der Waals surface area (Å²) in [5.41, 5.74) is 0.489. The molecule has 0 bridgehead atoms. The first-order valence-corrected chi connectivity index (χ1v) is 13.5. The van der Waals surface area contributed by atoms with Crippen LogP contribution in [0.3, 0.4) is 0 Å². The first-order chi connectivity index (χ1) is 17.2. The van der Waals surface area contributed by atoms with E-state index in [-0.39, 0.29) is 46.7 Å². The van der Waals surface area contributed by atoms with Crippen molar-refractivity contribution in [3.05, 3.63) is 35.8 Å². The third-order valence-electron chi connectivity index (χ3n) is 10.8. The molecule has 0 N–H and O–H groups in total. The summed E-state index contributed by atoms with van der Waals surface area (Å²) in [7, 11) is 0. The van der Waals surface area contributed by atoms with E-state index >= 15 is 0 Å². The van der Waals surface area contributed by atoms with Gasteiger partial charge in [0.05, 0.1) is 12.5 Å². The topological polar surface area (TPSA) is 92.0 Å². The van der Waals surface area contributed by atoms with Gasteiger partial charge in [0.25, 0.3) is 0 Å². The summed E-state index contributed by atoms with van der Waals surface area (Å²) >= 11 is 0. The smallest absolute Gasteiger partial charge is 0.331 e. The van der Waals surface area contributed by atoms with Crippen molar-refractivity contribution in [1.29, 1.82) is 0 Å². The van der Waals surface area contributed by atoms with E-state index in [1.54, 1.807) is 18.6 Å². The third-order valence-corrected chi connectivity index (χ3v) is 10.8. The van der Waals surface area contributed by atoms with Crippen LogP contribution in [0.25, 0.3) is 0 Å². The number of hydrogen-bond donors (Lipinski definition) is 0. The molecule has 1 aliphatic heterocycles. The fraction of sp³-hybridized carbons (Fsp3) is 0.700. The largest absolute Gasteiger partial charge is 0.472 e. The highest BCUT2D eigenvalue weighted by atomic mass is 16.6. The molecule has 1 aromatic rings. The third kappa shape index (κ3) is 3.70. The molecule has 4 aliphatic rings. The number of carbonyl (C=O) groups excluding carboxylic acids is 3. The summed E-state index contributed by atoms with van der Waals surface area (Å²) in [4.78, 5) is 37.4. The minimum atomic E-state index is -0.546. The van der Waals surface area contributed by atoms with Crippen molar-refractivity contribution in [2.24, 2.45) is 33.5 Å². The fourth-order valence-electron chi connectivity index (χ4n) is 9.24. The molecule has 7 heteroatoms. The van der Waals surface area contributed by atoms with Crippen LogP contribution in [0.15, 0.2) is 34.7 Å². The van der Waals surface area contributed by atoms with Crippen LogP contribution in [0.5, 0.6) is 0 Å². The Hall–Kier alpha value is -2.57. The zero-order chi connectivity index (χ0) is 27.0. The Kier molecular flexibility index (Phi) is 5.96. The zero-order valence-corrected chi connectivity index (χ0v) is 23.1. The molecule has 0 amide bonds.